The van der Waals surface area contributed by atoms with Crippen molar-refractivity contribution in [3.63, 3.8) is 0 Å². The molecular formula is C19H23N3O2. The predicted molar refractivity (Wildman–Crippen MR) is 97.0 cm³/mol. The lowest BCUT2D eigenvalue weighted by Gasteiger charge is -2.11. The maximum atomic E-state index is 12.0. The minimum absolute atomic E-state index is 0.0248. The van der Waals surface area contributed by atoms with E-state index in [0.29, 0.717) is 25.1 Å². The number of anilines is 2. The third kappa shape index (κ3) is 6.22. The monoisotopic (exact) mass is 325 g/mol. The molecule has 0 spiro atoms. The van der Waals surface area contributed by atoms with E-state index in [2.05, 4.69) is 10.6 Å². The van der Waals surface area contributed by atoms with Crippen LogP contribution in [0.3, 0.4) is 0 Å². The van der Waals surface area contributed by atoms with Gasteiger partial charge in [0.15, 0.2) is 0 Å². The lowest BCUT2D eigenvalue weighted by Crippen LogP contribution is -2.27. The smallest absolute Gasteiger partial charge is 0.238 e. The van der Waals surface area contributed by atoms with Crippen LogP contribution in [0.1, 0.15) is 12.0 Å². The fraction of sp³-hybridized carbons (Fsp3) is 0.263. The van der Waals surface area contributed by atoms with Gasteiger partial charge in [-0.1, -0.05) is 30.3 Å². The first-order valence-electron chi connectivity index (χ1n) is 7.91. The summed E-state index contributed by atoms with van der Waals surface area (Å²) in [5, 5.41) is 5.67. The number of hydrogen-bond donors (Lipinski definition) is 2. The molecule has 0 aliphatic rings. The fourth-order valence-electron chi connectivity index (χ4n) is 2.25. The lowest BCUT2D eigenvalue weighted by molar-refractivity contribution is -0.117. The number of nitrogens with one attached hydrogen (secondary N) is 2. The third-order valence-electron chi connectivity index (χ3n) is 3.40. The Hall–Kier alpha value is -2.66. The minimum Gasteiger partial charge on any atom is -0.326 e. The molecule has 2 aromatic carbocycles. The summed E-state index contributed by atoms with van der Waals surface area (Å²) in [5.41, 5.74) is 2.58. The van der Waals surface area contributed by atoms with Crippen molar-refractivity contribution in [1.82, 2.24) is 4.90 Å². The zero-order valence-electron chi connectivity index (χ0n) is 14.1. The highest BCUT2D eigenvalue weighted by Crippen LogP contribution is 2.14. The summed E-state index contributed by atoms with van der Waals surface area (Å²) in [6.07, 6.45) is 1.15. The van der Waals surface area contributed by atoms with Gasteiger partial charge in [-0.15, -0.1) is 0 Å². The molecule has 0 aliphatic carbocycles. The molecule has 0 saturated carbocycles. The van der Waals surface area contributed by atoms with Crippen LogP contribution in [0, 0.1) is 0 Å². The van der Waals surface area contributed by atoms with E-state index in [1.54, 1.807) is 29.2 Å². The summed E-state index contributed by atoms with van der Waals surface area (Å²) in [7, 11) is 3.68. The van der Waals surface area contributed by atoms with E-state index >= 15 is 0 Å². The van der Waals surface area contributed by atoms with Crippen LogP contribution in [-0.2, 0) is 16.0 Å². The number of benzene rings is 2. The van der Waals surface area contributed by atoms with Crippen molar-refractivity contribution in [2.24, 2.45) is 0 Å². The van der Waals surface area contributed by atoms with Crippen molar-refractivity contribution in [3.8, 4) is 0 Å². The number of likely N-dealkylation sites (N-methyl/N-ethyl adjacent to an activating group) is 1. The summed E-state index contributed by atoms with van der Waals surface area (Å²) >= 11 is 0. The van der Waals surface area contributed by atoms with Gasteiger partial charge in [0.2, 0.25) is 11.8 Å². The van der Waals surface area contributed by atoms with Crippen molar-refractivity contribution >= 4 is 23.2 Å². The molecule has 2 N–H and O–H groups in total. The molecule has 0 radical (unpaired) electrons. The summed E-state index contributed by atoms with van der Waals surface area (Å²) in [6, 6.07) is 17.0. The Balaban J connectivity index is 1.80. The van der Waals surface area contributed by atoms with E-state index in [-0.39, 0.29) is 11.8 Å². The van der Waals surface area contributed by atoms with Crippen LogP contribution in [0.15, 0.2) is 54.6 Å². The standard InChI is InChI=1S/C19H23N3O2/c1-22(2)14-19(24)21-17-11-9-16(10-12-17)20-18(23)13-8-15-6-4-3-5-7-15/h3-7,9-12H,8,13-14H2,1-2H3,(H,20,23)(H,21,24). The molecule has 0 bridgehead atoms. The van der Waals surface area contributed by atoms with Crippen LogP contribution < -0.4 is 10.6 Å². The van der Waals surface area contributed by atoms with Gasteiger partial charge in [-0.2, -0.15) is 0 Å². The molecule has 0 aliphatic heterocycles. The second kappa shape index (κ2) is 8.84. The maximum absolute atomic E-state index is 12.0. The molecule has 0 fully saturated rings. The summed E-state index contributed by atoms with van der Waals surface area (Å²) in [6.45, 7) is 0.331. The van der Waals surface area contributed by atoms with Crippen molar-refractivity contribution in [1.29, 1.82) is 0 Å². The van der Waals surface area contributed by atoms with Gasteiger partial charge in [-0.3, -0.25) is 9.59 Å². The SMILES string of the molecule is CN(C)CC(=O)Nc1ccc(NC(=O)CCc2ccccc2)cc1. The Labute approximate surface area is 142 Å². The Morgan fingerprint density at radius 3 is 1.92 bits per heavy atom. The Bertz CT molecular complexity index is 667. The van der Waals surface area contributed by atoms with Crippen LogP contribution >= 0.6 is 0 Å². The van der Waals surface area contributed by atoms with Crippen molar-refractivity contribution in [3.05, 3.63) is 60.2 Å². The number of carbonyl (C=O) groups excluding carboxylic acids is 2. The molecule has 2 rings (SSSR count). The first-order chi connectivity index (χ1) is 11.5. The van der Waals surface area contributed by atoms with Crippen molar-refractivity contribution in [2.75, 3.05) is 31.3 Å². The topological polar surface area (TPSA) is 61.4 Å². The number of carbonyl (C=O) groups is 2. The minimum atomic E-state index is -0.0698. The molecule has 2 amide bonds. The summed E-state index contributed by atoms with van der Waals surface area (Å²) < 4.78 is 0. The Kier molecular flexibility index (Phi) is 6.51. The van der Waals surface area contributed by atoms with Gasteiger partial charge in [0.1, 0.15) is 0 Å². The second-order valence-corrected chi connectivity index (χ2v) is 5.90. The molecule has 0 heterocycles. The number of rotatable bonds is 7. The van der Waals surface area contributed by atoms with Gasteiger partial charge >= 0.3 is 0 Å². The highest BCUT2D eigenvalue weighted by molar-refractivity contribution is 5.93. The Morgan fingerprint density at radius 1 is 0.833 bits per heavy atom. The zero-order chi connectivity index (χ0) is 17.4. The third-order valence-corrected chi connectivity index (χ3v) is 3.40. The Morgan fingerprint density at radius 2 is 1.38 bits per heavy atom. The quantitative estimate of drug-likeness (QED) is 0.823. The normalized spacial score (nSPS) is 10.5. The van der Waals surface area contributed by atoms with Crippen LogP contribution in [-0.4, -0.2) is 37.4 Å². The van der Waals surface area contributed by atoms with Crippen LogP contribution in [0.2, 0.25) is 0 Å². The number of amides is 2. The van der Waals surface area contributed by atoms with Gasteiger partial charge in [-0.25, -0.2) is 0 Å². The molecule has 126 valence electrons. The summed E-state index contributed by atoms with van der Waals surface area (Å²) in [4.78, 5) is 25.5. The lowest BCUT2D eigenvalue weighted by atomic mass is 10.1. The maximum Gasteiger partial charge on any atom is 0.238 e. The molecule has 0 aromatic heterocycles. The molecule has 0 unspecified atom stereocenters. The van der Waals surface area contributed by atoms with Gasteiger partial charge in [0.05, 0.1) is 6.54 Å². The molecule has 2 aromatic rings. The number of hydrogen-bond acceptors (Lipinski definition) is 3. The van der Waals surface area contributed by atoms with Crippen molar-refractivity contribution in [2.45, 2.75) is 12.8 Å². The van der Waals surface area contributed by atoms with Crippen molar-refractivity contribution < 1.29 is 9.59 Å². The average Bonchev–Trinajstić information content (AvgIpc) is 2.55. The van der Waals surface area contributed by atoms with Crippen LogP contribution in [0.25, 0.3) is 0 Å². The largest absolute Gasteiger partial charge is 0.326 e. The van der Waals surface area contributed by atoms with Gasteiger partial charge in [-0.05, 0) is 50.3 Å². The second-order valence-electron chi connectivity index (χ2n) is 5.90. The predicted octanol–water partition coefficient (Wildman–Crippen LogP) is 2.76. The first-order valence-corrected chi connectivity index (χ1v) is 7.91. The molecule has 5 heteroatoms. The van der Waals surface area contributed by atoms with E-state index in [0.717, 1.165) is 11.3 Å². The van der Waals surface area contributed by atoms with E-state index in [4.69, 9.17) is 0 Å². The molecule has 0 saturated heterocycles. The number of aryl methyl sites for hydroxylation is 1. The van der Waals surface area contributed by atoms with E-state index in [1.165, 1.54) is 0 Å². The van der Waals surface area contributed by atoms with E-state index in [1.807, 2.05) is 44.4 Å². The van der Waals surface area contributed by atoms with Gasteiger partial charge in [0.25, 0.3) is 0 Å². The molecule has 24 heavy (non-hydrogen) atoms. The highest BCUT2D eigenvalue weighted by Gasteiger charge is 2.05. The average molecular weight is 325 g/mol. The van der Waals surface area contributed by atoms with Gasteiger partial charge < -0.3 is 15.5 Å². The highest BCUT2D eigenvalue weighted by atomic mass is 16.2. The molecule has 5 nitrogen and oxygen atoms in total. The first kappa shape index (κ1) is 17.7. The van der Waals surface area contributed by atoms with E-state index in [9.17, 15) is 9.59 Å². The molecular weight excluding hydrogens is 302 g/mol. The van der Waals surface area contributed by atoms with Gasteiger partial charge in [0, 0.05) is 17.8 Å². The zero-order valence-corrected chi connectivity index (χ0v) is 14.1. The number of nitrogens with zero attached hydrogens (tertiary/aromatic N) is 1. The fourth-order valence-corrected chi connectivity index (χ4v) is 2.25. The van der Waals surface area contributed by atoms with E-state index < -0.39 is 0 Å². The van der Waals surface area contributed by atoms with Crippen LogP contribution in [0.4, 0.5) is 11.4 Å². The molecule has 0 atom stereocenters. The summed E-state index contributed by atoms with van der Waals surface area (Å²) in [5.74, 6) is -0.0945. The van der Waals surface area contributed by atoms with Crippen LogP contribution in [0.5, 0.6) is 0 Å².